The second-order valence-electron chi connectivity index (χ2n) is 3.49. The molecule has 1 aliphatic rings. The molecule has 0 aromatic heterocycles. The quantitative estimate of drug-likeness (QED) is 0.467. The molecule has 0 aromatic rings. The third kappa shape index (κ3) is 2.94. The van der Waals surface area contributed by atoms with Gasteiger partial charge in [-0.15, -0.1) is 0 Å². The van der Waals surface area contributed by atoms with Crippen molar-refractivity contribution in [1.82, 2.24) is 4.90 Å². The van der Waals surface area contributed by atoms with E-state index in [9.17, 15) is 4.79 Å². The van der Waals surface area contributed by atoms with Gasteiger partial charge in [0.25, 0.3) is 0 Å². The predicted molar refractivity (Wildman–Crippen MR) is 51.7 cm³/mol. The summed E-state index contributed by atoms with van der Waals surface area (Å²) in [6.07, 6.45) is 6.91. The van der Waals surface area contributed by atoms with Crippen molar-refractivity contribution in [3.05, 3.63) is 12.2 Å². The average Bonchev–Trinajstić information content (AvgIpc) is 2.03. The van der Waals surface area contributed by atoms with Gasteiger partial charge in [-0.3, -0.25) is 9.69 Å². The van der Waals surface area contributed by atoms with Gasteiger partial charge in [-0.05, 0) is 26.0 Å². The summed E-state index contributed by atoms with van der Waals surface area (Å²) in [7, 11) is 3.83. The van der Waals surface area contributed by atoms with E-state index < -0.39 is 0 Å². The maximum absolute atomic E-state index is 10.0. The van der Waals surface area contributed by atoms with Crippen molar-refractivity contribution < 1.29 is 9.53 Å². The van der Waals surface area contributed by atoms with E-state index in [1.807, 2.05) is 6.08 Å². The lowest BCUT2D eigenvalue weighted by molar-refractivity contribution is -0.104. The highest BCUT2D eigenvalue weighted by Gasteiger charge is 2.31. The van der Waals surface area contributed by atoms with Crippen LogP contribution in [0.2, 0.25) is 0 Å². The van der Waals surface area contributed by atoms with Crippen LogP contribution >= 0.6 is 0 Å². The van der Waals surface area contributed by atoms with Crippen molar-refractivity contribution in [3.63, 3.8) is 0 Å². The van der Waals surface area contributed by atoms with Crippen molar-refractivity contribution >= 4 is 6.29 Å². The normalized spacial score (nSPS) is 27.9. The number of aldehydes is 1. The first-order chi connectivity index (χ1) is 6.27. The molecule has 0 amide bonds. The maximum Gasteiger partial charge on any atom is 0.142 e. The number of nitrogens with zero attached hydrogens (tertiary/aromatic N) is 1. The Bertz CT molecular complexity index is 185. The van der Waals surface area contributed by atoms with Crippen molar-refractivity contribution in [1.29, 1.82) is 0 Å². The Morgan fingerprint density at radius 1 is 1.54 bits per heavy atom. The van der Waals surface area contributed by atoms with Crippen LogP contribution in [0.15, 0.2) is 12.2 Å². The van der Waals surface area contributed by atoms with Crippen LogP contribution in [0.25, 0.3) is 0 Å². The Balaban J connectivity index is 2.15. The molecule has 0 heterocycles. The first-order valence-electron chi connectivity index (χ1n) is 4.61. The van der Waals surface area contributed by atoms with Crippen LogP contribution in [-0.2, 0) is 9.53 Å². The SMILES string of the molecule is COC1CC(N(C)C/C=C/C=O)C1. The van der Waals surface area contributed by atoms with Gasteiger partial charge in [-0.2, -0.15) is 0 Å². The zero-order valence-corrected chi connectivity index (χ0v) is 8.27. The molecular weight excluding hydrogens is 166 g/mol. The molecule has 0 saturated heterocycles. The molecule has 0 spiro atoms. The van der Waals surface area contributed by atoms with Gasteiger partial charge in [0, 0.05) is 19.7 Å². The molecule has 0 N–H and O–H groups in total. The Labute approximate surface area is 79.4 Å². The van der Waals surface area contributed by atoms with Crippen LogP contribution in [0, 0.1) is 0 Å². The number of carbonyl (C=O) groups excluding carboxylic acids is 1. The van der Waals surface area contributed by atoms with E-state index in [0.717, 1.165) is 25.7 Å². The smallest absolute Gasteiger partial charge is 0.142 e. The molecule has 1 fully saturated rings. The van der Waals surface area contributed by atoms with Crippen molar-refractivity contribution in [2.75, 3.05) is 20.7 Å². The summed E-state index contributed by atoms with van der Waals surface area (Å²) in [6, 6.07) is 0.626. The van der Waals surface area contributed by atoms with E-state index in [2.05, 4.69) is 11.9 Å². The molecule has 0 aliphatic heterocycles. The van der Waals surface area contributed by atoms with Crippen LogP contribution in [-0.4, -0.2) is 44.0 Å². The zero-order chi connectivity index (χ0) is 9.68. The number of methoxy groups -OCH3 is 1. The number of carbonyl (C=O) groups is 1. The summed E-state index contributed by atoms with van der Waals surface area (Å²) in [5.74, 6) is 0. The second-order valence-corrected chi connectivity index (χ2v) is 3.49. The number of rotatable bonds is 5. The minimum atomic E-state index is 0.447. The van der Waals surface area contributed by atoms with Crippen LogP contribution in [0.5, 0.6) is 0 Å². The molecular formula is C10H17NO2. The van der Waals surface area contributed by atoms with Gasteiger partial charge >= 0.3 is 0 Å². The molecule has 1 aliphatic carbocycles. The third-order valence-corrected chi connectivity index (χ3v) is 2.63. The summed E-state index contributed by atoms with van der Waals surface area (Å²) in [4.78, 5) is 12.3. The molecule has 0 unspecified atom stereocenters. The molecule has 74 valence electrons. The van der Waals surface area contributed by atoms with Crippen molar-refractivity contribution in [3.8, 4) is 0 Å². The van der Waals surface area contributed by atoms with E-state index >= 15 is 0 Å². The number of hydrogen-bond donors (Lipinski definition) is 0. The van der Waals surface area contributed by atoms with Crippen LogP contribution in [0.3, 0.4) is 0 Å². The maximum atomic E-state index is 10.0. The number of allylic oxidation sites excluding steroid dienone is 1. The minimum Gasteiger partial charge on any atom is -0.381 e. The molecule has 1 rings (SSSR count). The second kappa shape index (κ2) is 5.14. The topological polar surface area (TPSA) is 29.5 Å². The van der Waals surface area contributed by atoms with E-state index in [0.29, 0.717) is 12.1 Å². The molecule has 0 bridgehead atoms. The van der Waals surface area contributed by atoms with E-state index in [-0.39, 0.29) is 0 Å². The molecule has 1 saturated carbocycles. The predicted octanol–water partition coefficient (Wildman–Crippen LogP) is 0.851. The Kier molecular flexibility index (Phi) is 4.12. The Morgan fingerprint density at radius 3 is 2.77 bits per heavy atom. The average molecular weight is 183 g/mol. The Morgan fingerprint density at radius 2 is 2.23 bits per heavy atom. The summed E-state index contributed by atoms with van der Waals surface area (Å²) < 4.78 is 5.19. The highest BCUT2D eigenvalue weighted by atomic mass is 16.5. The standard InChI is InChI=1S/C10H17NO2/c1-11(5-3-4-6-12)9-7-10(8-9)13-2/h3-4,6,9-10H,5,7-8H2,1-2H3/b4-3+. The lowest BCUT2D eigenvalue weighted by Crippen LogP contribution is -2.46. The van der Waals surface area contributed by atoms with Crippen LogP contribution in [0.1, 0.15) is 12.8 Å². The molecule has 13 heavy (non-hydrogen) atoms. The highest BCUT2D eigenvalue weighted by Crippen LogP contribution is 2.26. The van der Waals surface area contributed by atoms with Gasteiger partial charge in [-0.1, -0.05) is 6.08 Å². The van der Waals surface area contributed by atoms with Crippen LogP contribution < -0.4 is 0 Å². The molecule has 0 aromatic carbocycles. The minimum absolute atomic E-state index is 0.447. The molecule has 0 atom stereocenters. The third-order valence-electron chi connectivity index (χ3n) is 2.63. The van der Waals surface area contributed by atoms with Gasteiger partial charge in [0.15, 0.2) is 0 Å². The fourth-order valence-corrected chi connectivity index (χ4v) is 1.52. The number of ether oxygens (including phenoxy) is 1. The van der Waals surface area contributed by atoms with Gasteiger partial charge in [0.1, 0.15) is 6.29 Å². The lowest BCUT2D eigenvalue weighted by Gasteiger charge is -2.39. The largest absolute Gasteiger partial charge is 0.381 e. The van der Waals surface area contributed by atoms with E-state index in [1.54, 1.807) is 13.2 Å². The summed E-state index contributed by atoms with van der Waals surface area (Å²) in [5, 5.41) is 0. The fraction of sp³-hybridized carbons (Fsp3) is 0.700. The van der Waals surface area contributed by atoms with Gasteiger partial charge in [0.05, 0.1) is 6.10 Å². The monoisotopic (exact) mass is 183 g/mol. The van der Waals surface area contributed by atoms with Gasteiger partial charge in [-0.25, -0.2) is 0 Å². The highest BCUT2D eigenvalue weighted by molar-refractivity contribution is 5.64. The Hall–Kier alpha value is -0.670. The summed E-state index contributed by atoms with van der Waals surface area (Å²) in [6.45, 7) is 0.847. The first kappa shape index (κ1) is 10.4. The molecule has 3 nitrogen and oxygen atoms in total. The molecule has 3 heteroatoms. The lowest BCUT2D eigenvalue weighted by atomic mass is 9.88. The van der Waals surface area contributed by atoms with Crippen molar-refractivity contribution in [2.24, 2.45) is 0 Å². The zero-order valence-electron chi connectivity index (χ0n) is 8.27. The van der Waals surface area contributed by atoms with Gasteiger partial charge < -0.3 is 4.74 Å². The van der Waals surface area contributed by atoms with Crippen molar-refractivity contribution in [2.45, 2.75) is 25.0 Å². The first-order valence-corrected chi connectivity index (χ1v) is 4.61. The van der Waals surface area contributed by atoms with Crippen LogP contribution in [0.4, 0.5) is 0 Å². The van der Waals surface area contributed by atoms with E-state index in [1.165, 1.54) is 0 Å². The summed E-state index contributed by atoms with van der Waals surface area (Å²) >= 11 is 0. The molecule has 0 radical (unpaired) electrons. The van der Waals surface area contributed by atoms with Gasteiger partial charge in [0.2, 0.25) is 0 Å². The summed E-state index contributed by atoms with van der Waals surface area (Å²) in [5.41, 5.74) is 0. The fourth-order valence-electron chi connectivity index (χ4n) is 1.52. The van der Waals surface area contributed by atoms with E-state index in [4.69, 9.17) is 4.74 Å². The number of hydrogen-bond acceptors (Lipinski definition) is 3. The number of likely N-dealkylation sites (N-methyl/N-ethyl adjacent to an activating group) is 1.